The summed E-state index contributed by atoms with van der Waals surface area (Å²) in [6.07, 6.45) is 0. The maximum absolute atomic E-state index is 12.9. The molecule has 0 aliphatic rings. The number of nitrogens with one attached hydrogen (secondary N) is 1. The van der Waals surface area contributed by atoms with Crippen LogP contribution in [0.2, 0.25) is 0 Å². The maximum Gasteiger partial charge on any atom is 0.261 e. The van der Waals surface area contributed by atoms with Gasteiger partial charge in [-0.05, 0) is 48.5 Å². The molecule has 3 rings (SSSR count). The highest BCUT2D eigenvalue weighted by molar-refractivity contribution is 8.13. The maximum atomic E-state index is 12.9. The molecule has 0 aliphatic carbocycles. The Morgan fingerprint density at radius 1 is 1.04 bits per heavy atom. The van der Waals surface area contributed by atoms with Gasteiger partial charge in [0, 0.05) is 21.3 Å². The van der Waals surface area contributed by atoms with E-state index in [0.717, 1.165) is 4.90 Å². The van der Waals surface area contributed by atoms with E-state index in [-0.39, 0.29) is 10.7 Å². The number of anilines is 2. The zero-order valence-electron chi connectivity index (χ0n) is 11.8. The number of halogens is 2. The van der Waals surface area contributed by atoms with E-state index in [0.29, 0.717) is 15.2 Å². The van der Waals surface area contributed by atoms with Crippen molar-refractivity contribution in [3.63, 3.8) is 0 Å². The standard InChI is InChI=1S/C14H9ClFN3O2S3/c15-24(20,21)12-7-5-11(6-8-12)22-14-19-18-13(23-14)17-10-3-1-9(16)2-4-10/h1-8H,(H,17,18). The molecule has 0 aliphatic heterocycles. The van der Waals surface area contributed by atoms with Crippen LogP contribution in [0, 0.1) is 5.82 Å². The quantitative estimate of drug-likeness (QED) is 0.634. The summed E-state index contributed by atoms with van der Waals surface area (Å²) >= 11 is 2.68. The second kappa shape index (κ2) is 7.06. The van der Waals surface area contributed by atoms with Crippen molar-refractivity contribution in [2.24, 2.45) is 0 Å². The Labute approximate surface area is 150 Å². The molecule has 1 aromatic heterocycles. The first kappa shape index (κ1) is 17.2. The molecule has 5 nitrogen and oxygen atoms in total. The van der Waals surface area contributed by atoms with Gasteiger partial charge >= 0.3 is 0 Å². The molecule has 0 unspecified atom stereocenters. The molecule has 0 saturated heterocycles. The molecule has 0 fully saturated rings. The minimum Gasteiger partial charge on any atom is -0.330 e. The lowest BCUT2D eigenvalue weighted by Gasteiger charge is -2.00. The van der Waals surface area contributed by atoms with Crippen molar-refractivity contribution in [2.45, 2.75) is 14.1 Å². The molecule has 10 heteroatoms. The number of nitrogens with zero attached hydrogens (tertiary/aromatic N) is 2. The highest BCUT2D eigenvalue weighted by Gasteiger charge is 2.11. The van der Waals surface area contributed by atoms with Crippen molar-refractivity contribution in [1.82, 2.24) is 10.2 Å². The van der Waals surface area contributed by atoms with Crippen molar-refractivity contribution in [2.75, 3.05) is 5.32 Å². The van der Waals surface area contributed by atoms with Crippen molar-refractivity contribution < 1.29 is 12.8 Å². The summed E-state index contributed by atoms with van der Waals surface area (Å²) in [6, 6.07) is 12.1. The van der Waals surface area contributed by atoms with Gasteiger partial charge in [-0.15, -0.1) is 10.2 Å². The first-order valence-electron chi connectivity index (χ1n) is 6.49. The van der Waals surface area contributed by atoms with Gasteiger partial charge in [0.05, 0.1) is 4.90 Å². The third-order valence-corrected chi connectivity index (χ3v) is 6.08. The van der Waals surface area contributed by atoms with Crippen LogP contribution in [-0.2, 0) is 9.05 Å². The van der Waals surface area contributed by atoms with Crippen LogP contribution in [0.3, 0.4) is 0 Å². The Bertz CT molecular complexity index is 944. The number of hydrogen-bond donors (Lipinski definition) is 1. The second-order valence-electron chi connectivity index (χ2n) is 4.52. The molecule has 1 heterocycles. The van der Waals surface area contributed by atoms with E-state index in [9.17, 15) is 12.8 Å². The largest absolute Gasteiger partial charge is 0.330 e. The van der Waals surface area contributed by atoms with Crippen LogP contribution in [0.25, 0.3) is 0 Å². The van der Waals surface area contributed by atoms with Gasteiger partial charge in [-0.1, -0.05) is 23.1 Å². The van der Waals surface area contributed by atoms with Gasteiger partial charge in [0.15, 0.2) is 4.34 Å². The third kappa shape index (κ3) is 4.44. The van der Waals surface area contributed by atoms with Gasteiger partial charge in [-0.25, -0.2) is 12.8 Å². The molecule has 3 aromatic rings. The first-order chi connectivity index (χ1) is 11.4. The molecule has 1 N–H and O–H groups in total. The van der Waals surface area contributed by atoms with Crippen LogP contribution >= 0.6 is 33.8 Å². The normalized spacial score (nSPS) is 11.4. The minimum absolute atomic E-state index is 0.0458. The average Bonchev–Trinajstić information content (AvgIpc) is 2.96. The summed E-state index contributed by atoms with van der Waals surface area (Å²) in [7, 11) is 1.55. The molecule has 0 bridgehead atoms. The highest BCUT2D eigenvalue weighted by Crippen LogP contribution is 2.33. The fourth-order valence-electron chi connectivity index (χ4n) is 1.73. The van der Waals surface area contributed by atoms with Crippen molar-refractivity contribution >= 4 is 53.7 Å². The summed E-state index contributed by atoms with van der Waals surface area (Å²) in [6.45, 7) is 0. The summed E-state index contributed by atoms with van der Waals surface area (Å²) in [5, 5.41) is 11.7. The van der Waals surface area contributed by atoms with E-state index in [1.54, 1.807) is 24.3 Å². The summed E-state index contributed by atoms with van der Waals surface area (Å²) in [4.78, 5) is 0.855. The van der Waals surface area contributed by atoms with Crippen LogP contribution in [0.5, 0.6) is 0 Å². The fourth-order valence-corrected chi connectivity index (χ4v) is 4.24. The molecule has 0 atom stereocenters. The molecule has 24 heavy (non-hydrogen) atoms. The molecular weight excluding hydrogens is 393 g/mol. The molecule has 0 radical (unpaired) electrons. The molecule has 2 aromatic carbocycles. The van der Waals surface area contributed by atoms with Crippen molar-refractivity contribution in [1.29, 1.82) is 0 Å². The van der Waals surface area contributed by atoms with Gasteiger partial charge in [-0.3, -0.25) is 0 Å². The topological polar surface area (TPSA) is 72.0 Å². The predicted octanol–water partition coefficient (Wildman–Crippen LogP) is 4.50. The van der Waals surface area contributed by atoms with Crippen LogP contribution in [0.1, 0.15) is 0 Å². The van der Waals surface area contributed by atoms with E-state index in [1.807, 2.05) is 0 Å². The summed E-state index contributed by atoms with van der Waals surface area (Å²) in [5.41, 5.74) is 0.709. The Balaban J connectivity index is 1.68. The van der Waals surface area contributed by atoms with Crippen LogP contribution in [-0.4, -0.2) is 18.6 Å². The predicted molar refractivity (Wildman–Crippen MR) is 93.2 cm³/mol. The Hall–Kier alpha value is -1.68. The Morgan fingerprint density at radius 2 is 1.71 bits per heavy atom. The number of rotatable bonds is 5. The summed E-state index contributed by atoms with van der Waals surface area (Å²) in [5.74, 6) is -0.309. The zero-order chi connectivity index (χ0) is 17.2. The van der Waals surface area contributed by atoms with E-state index in [4.69, 9.17) is 10.7 Å². The summed E-state index contributed by atoms with van der Waals surface area (Å²) < 4.78 is 36.0. The van der Waals surface area contributed by atoms with Crippen molar-refractivity contribution in [3.05, 3.63) is 54.3 Å². The van der Waals surface area contributed by atoms with E-state index < -0.39 is 9.05 Å². The molecule has 0 saturated carbocycles. The molecular formula is C14H9ClFN3O2S3. The lowest BCUT2D eigenvalue weighted by molar-refractivity contribution is 0.609. The second-order valence-corrected chi connectivity index (χ2v) is 9.38. The Morgan fingerprint density at radius 3 is 2.33 bits per heavy atom. The van der Waals surface area contributed by atoms with E-state index >= 15 is 0 Å². The van der Waals surface area contributed by atoms with E-state index in [2.05, 4.69) is 15.5 Å². The van der Waals surface area contributed by atoms with Crippen LogP contribution in [0.15, 0.2) is 62.7 Å². The SMILES string of the molecule is O=S(=O)(Cl)c1ccc(Sc2nnc(Nc3ccc(F)cc3)s2)cc1. The van der Waals surface area contributed by atoms with Crippen LogP contribution < -0.4 is 5.32 Å². The lowest BCUT2D eigenvalue weighted by Crippen LogP contribution is -1.89. The van der Waals surface area contributed by atoms with Gasteiger partial charge in [0.25, 0.3) is 9.05 Å². The Kier molecular flexibility index (Phi) is 5.04. The van der Waals surface area contributed by atoms with Gasteiger partial charge in [0.2, 0.25) is 5.13 Å². The van der Waals surface area contributed by atoms with Gasteiger partial charge < -0.3 is 5.32 Å². The smallest absolute Gasteiger partial charge is 0.261 e. The van der Waals surface area contributed by atoms with Crippen LogP contribution in [0.4, 0.5) is 15.2 Å². The minimum atomic E-state index is -3.73. The van der Waals surface area contributed by atoms with Crippen molar-refractivity contribution in [3.8, 4) is 0 Å². The fraction of sp³-hybridized carbons (Fsp3) is 0. The average molecular weight is 402 g/mol. The number of aromatic nitrogens is 2. The number of benzene rings is 2. The zero-order valence-corrected chi connectivity index (χ0v) is 15.0. The monoisotopic (exact) mass is 401 g/mol. The number of hydrogen-bond acceptors (Lipinski definition) is 7. The van der Waals surface area contributed by atoms with Gasteiger partial charge in [0.1, 0.15) is 5.82 Å². The first-order valence-corrected chi connectivity index (χ1v) is 10.4. The lowest BCUT2D eigenvalue weighted by atomic mass is 10.3. The molecule has 0 amide bonds. The highest BCUT2D eigenvalue weighted by atomic mass is 35.7. The molecule has 0 spiro atoms. The van der Waals surface area contributed by atoms with Gasteiger partial charge in [-0.2, -0.15) is 0 Å². The van der Waals surface area contributed by atoms with E-state index in [1.165, 1.54) is 47.4 Å². The third-order valence-electron chi connectivity index (χ3n) is 2.81. The molecule has 124 valence electrons.